The van der Waals surface area contributed by atoms with Gasteiger partial charge in [-0.25, -0.2) is 4.79 Å². The zero-order valence-corrected chi connectivity index (χ0v) is 12.3. The summed E-state index contributed by atoms with van der Waals surface area (Å²) in [6.07, 6.45) is 0.882. The number of pyridine rings is 1. The summed E-state index contributed by atoms with van der Waals surface area (Å²) in [6, 6.07) is 1.58. The number of nitro groups is 1. The first-order valence-corrected chi connectivity index (χ1v) is 6.17. The number of amides is 1. The lowest BCUT2D eigenvalue weighted by Gasteiger charge is -2.27. The Balaban J connectivity index is 2.94. The maximum atomic E-state index is 11.9. The van der Waals surface area contributed by atoms with Gasteiger partial charge in [-0.05, 0) is 26.8 Å². The van der Waals surface area contributed by atoms with E-state index in [9.17, 15) is 19.7 Å². The van der Waals surface area contributed by atoms with Crippen molar-refractivity contribution in [1.29, 1.82) is 0 Å². The van der Waals surface area contributed by atoms with Gasteiger partial charge in [-0.1, -0.05) is 0 Å². The van der Waals surface area contributed by atoms with Crippen molar-refractivity contribution < 1.29 is 19.2 Å². The largest absolute Gasteiger partial charge is 0.444 e. The number of hydrogen-bond acceptors (Lipinski definition) is 6. The van der Waals surface area contributed by atoms with Crippen LogP contribution in [0.4, 0.5) is 10.5 Å². The van der Waals surface area contributed by atoms with Gasteiger partial charge in [0.2, 0.25) is 0 Å². The smallest absolute Gasteiger partial charge is 0.410 e. The maximum absolute atomic E-state index is 11.9. The van der Waals surface area contributed by atoms with Crippen molar-refractivity contribution in [2.75, 3.05) is 7.05 Å². The Morgan fingerprint density at radius 3 is 2.48 bits per heavy atom. The van der Waals surface area contributed by atoms with Crippen LogP contribution in [-0.2, 0) is 9.53 Å². The molecule has 1 aromatic rings. The summed E-state index contributed by atoms with van der Waals surface area (Å²) in [5, 5.41) is 10.6. The number of aldehydes is 1. The van der Waals surface area contributed by atoms with Crippen molar-refractivity contribution in [3.8, 4) is 0 Å². The van der Waals surface area contributed by atoms with E-state index in [4.69, 9.17) is 4.74 Å². The third kappa shape index (κ3) is 4.51. The molecule has 1 aromatic heterocycles. The van der Waals surface area contributed by atoms with E-state index < -0.39 is 22.7 Å². The van der Waals surface area contributed by atoms with Crippen molar-refractivity contribution in [1.82, 2.24) is 9.88 Å². The highest BCUT2D eigenvalue weighted by Crippen LogP contribution is 2.20. The van der Waals surface area contributed by atoms with Crippen LogP contribution >= 0.6 is 0 Å². The molecular weight excluding hydrogens is 278 g/mol. The van der Waals surface area contributed by atoms with E-state index >= 15 is 0 Å². The Morgan fingerprint density at radius 1 is 1.48 bits per heavy atom. The number of carbonyl (C=O) groups is 2. The maximum Gasteiger partial charge on any atom is 0.410 e. The molecule has 0 saturated heterocycles. The number of hydrogen-bond donors (Lipinski definition) is 0. The van der Waals surface area contributed by atoms with Crippen LogP contribution in [0, 0.1) is 10.1 Å². The Morgan fingerprint density at radius 2 is 2.10 bits per heavy atom. The van der Waals surface area contributed by atoms with E-state index in [1.807, 2.05) is 0 Å². The fourth-order valence-corrected chi connectivity index (χ4v) is 1.49. The van der Waals surface area contributed by atoms with Crippen molar-refractivity contribution in [2.45, 2.75) is 32.4 Å². The molecule has 1 amide bonds. The molecule has 0 spiro atoms. The molecule has 0 aliphatic rings. The molecule has 1 rings (SSSR count). The highest BCUT2D eigenvalue weighted by atomic mass is 16.6. The van der Waals surface area contributed by atoms with Gasteiger partial charge in [0.05, 0.1) is 10.6 Å². The molecule has 1 heterocycles. The molecule has 0 N–H and O–H groups in total. The van der Waals surface area contributed by atoms with Crippen LogP contribution < -0.4 is 0 Å². The molecule has 0 aliphatic heterocycles. The summed E-state index contributed by atoms with van der Waals surface area (Å²) < 4.78 is 5.16. The van der Waals surface area contributed by atoms with E-state index in [2.05, 4.69) is 4.98 Å². The summed E-state index contributed by atoms with van der Waals surface area (Å²) in [4.78, 5) is 38.0. The molecule has 0 radical (unpaired) electrons. The summed E-state index contributed by atoms with van der Waals surface area (Å²) in [5.41, 5.74) is -0.658. The summed E-state index contributed by atoms with van der Waals surface area (Å²) in [7, 11) is 1.40. The van der Waals surface area contributed by atoms with Crippen LogP contribution in [0.3, 0.4) is 0 Å². The first kappa shape index (κ1) is 16.5. The molecule has 0 aromatic carbocycles. The monoisotopic (exact) mass is 295 g/mol. The first-order valence-electron chi connectivity index (χ1n) is 6.17. The van der Waals surface area contributed by atoms with Gasteiger partial charge >= 0.3 is 6.09 Å². The second-order valence-corrected chi connectivity index (χ2v) is 5.37. The minimum Gasteiger partial charge on any atom is -0.444 e. The molecule has 1 atom stereocenters. The minimum atomic E-state index is -0.972. The zero-order chi connectivity index (χ0) is 16.2. The predicted molar refractivity (Wildman–Crippen MR) is 73.7 cm³/mol. The molecule has 114 valence electrons. The number of likely N-dealkylation sites (N-methyl/N-ethyl adjacent to an activating group) is 1. The second-order valence-electron chi connectivity index (χ2n) is 5.37. The third-order valence-corrected chi connectivity index (χ3v) is 2.51. The van der Waals surface area contributed by atoms with Gasteiger partial charge in [0.25, 0.3) is 5.69 Å². The Kier molecular flexibility index (Phi) is 4.96. The lowest BCUT2D eigenvalue weighted by Crippen LogP contribution is -2.37. The molecular formula is C13H17N3O5. The topological polar surface area (TPSA) is 103 Å². The van der Waals surface area contributed by atoms with E-state index in [0.717, 1.165) is 11.1 Å². The van der Waals surface area contributed by atoms with Crippen LogP contribution in [0.5, 0.6) is 0 Å². The van der Waals surface area contributed by atoms with Gasteiger partial charge in [0.15, 0.2) is 0 Å². The standard InChI is InChI=1S/C13H17N3O5/c1-13(2,3)21-12(18)15(4)11(8-17)10-6-5-9(7-14-10)16(19)20/h5-8,11H,1-4H3. The van der Waals surface area contributed by atoms with Crippen molar-refractivity contribution >= 4 is 18.1 Å². The fourth-order valence-electron chi connectivity index (χ4n) is 1.49. The van der Waals surface area contributed by atoms with Gasteiger partial charge in [0, 0.05) is 13.1 Å². The summed E-state index contributed by atoms with van der Waals surface area (Å²) in [5.74, 6) is 0. The van der Waals surface area contributed by atoms with Gasteiger partial charge < -0.3 is 9.53 Å². The summed E-state index contributed by atoms with van der Waals surface area (Å²) in [6.45, 7) is 5.12. The number of rotatable bonds is 4. The van der Waals surface area contributed by atoms with Gasteiger partial charge in [0.1, 0.15) is 24.1 Å². The Labute approximate surface area is 121 Å². The summed E-state index contributed by atoms with van der Waals surface area (Å²) >= 11 is 0. The first-order chi connectivity index (χ1) is 9.65. The van der Waals surface area contributed by atoms with E-state index in [0.29, 0.717) is 6.29 Å². The van der Waals surface area contributed by atoms with Gasteiger partial charge in [-0.2, -0.15) is 0 Å². The molecule has 8 heteroatoms. The normalized spacial score (nSPS) is 12.4. The lowest BCUT2D eigenvalue weighted by atomic mass is 10.2. The van der Waals surface area contributed by atoms with Gasteiger partial charge in [-0.15, -0.1) is 0 Å². The number of aromatic nitrogens is 1. The molecule has 21 heavy (non-hydrogen) atoms. The lowest BCUT2D eigenvalue weighted by molar-refractivity contribution is -0.385. The van der Waals surface area contributed by atoms with Crippen LogP contribution in [0.25, 0.3) is 0 Å². The second kappa shape index (κ2) is 6.29. The number of ether oxygens (including phenoxy) is 1. The quantitative estimate of drug-likeness (QED) is 0.478. The predicted octanol–water partition coefficient (Wildman–Crippen LogP) is 2.10. The highest BCUT2D eigenvalue weighted by Gasteiger charge is 2.27. The van der Waals surface area contributed by atoms with Crippen LogP contribution in [0.15, 0.2) is 18.3 Å². The zero-order valence-electron chi connectivity index (χ0n) is 12.3. The van der Waals surface area contributed by atoms with Crippen molar-refractivity contribution in [3.63, 3.8) is 0 Å². The molecule has 1 unspecified atom stereocenters. The third-order valence-electron chi connectivity index (χ3n) is 2.51. The van der Waals surface area contributed by atoms with E-state index in [1.165, 1.54) is 19.2 Å². The number of nitrogens with zero attached hydrogens (tertiary/aromatic N) is 3. The molecule has 0 saturated carbocycles. The molecule has 0 bridgehead atoms. The Hall–Kier alpha value is -2.51. The SMILES string of the molecule is CN(C(=O)OC(C)(C)C)C(C=O)c1ccc([N+](=O)[O-])cn1. The number of carbonyl (C=O) groups excluding carboxylic acids is 2. The molecule has 8 nitrogen and oxygen atoms in total. The highest BCUT2D eigenvalue weighted by molar-refractivity contribution is 5.74. The molecule has 0 fully saturated rings. The van der Waals surface area contributed by atoms with Crippen LogP contribution in [0.2, 0.25) is 0 Å². The van der Waals surface area contributed by atoms with E-state index in [1.54, 1.807) is 20.8 Å². The fraction of sp³-hybridized carbons (Fsp3) is 0.462. The van der Waals surface area contributed by atoms with Crippen molar-refractivity contribution in [3.05, 3.63) is 34.1 Å². The molecule has 0 aliphatic carbocycles. The van der Waals surface area contributed by atoms with Crippen LogP contribution in [-0.4, -0.2) is 39.8 Å². The minimum absolute atomic E-state index is 0.191. The average molecular weight is 295 g/mol. The average Bonchev–Trinajstić information content (AvgIpc) is 2.38. The van der Waals surface area contributed by atoms with Gasteiger partial charge in [-0.3, -0.25) is 20.0 Å². The van der Waals surface area contributed by atoms with Crippen molar-refractivity contribution in [2.24, 2.45) is 0 Å². The van der Waals surface area contributed by atoms with E-state index in [-0.39, 0.29) is 11.4 Å². The Bertz CT molecular complexity index is 536. The van der Waals surface area contributed by atoms with Crippen LogP contribution in [0.1, 0.15) is 32.5 Å².